The number of aromatic nitrogens is 2. The molecule has 0 aliphatic carbocycles. The predicted molar refractivity (Wildman–Crippen MR) is 58.1 cm³/mol. The number of hydrogen-bond acceptors (Lipinski definition) is 2. The molecule has 0 atom stereocenters. The summed E-state index contributed by atoms with van der Waals surface area (Å²) in [5, 5.41) is 10.8. The van der Waals surface area contributed by atoms with E-state index in [9.17, 15) is 0 Å². The van der Waals surface area contributed by atoms with Crippen LogP contribution >= 0.6 is 11.6 Å². The van der Waals surface area contributed by atoms with Gasteiger partial charge in [-0.15, -0.1) is 0 Å². The molecule has 72 valence electrons. The van der Waals surface area contributed by atoms with Crippen LogP contribution in [0.5, 0.6) is 0 Å². The van der Waals surface area contributed by atoms with Crippen molar-refractivity contribution in [3.05, 3.63) is 41.0 Å². The maximum atomic E-state index is 5.85. The van der Waals surface area contributed by atoms with Crippen molar-refractivity contribution in [1.82, 2.24) is 10.2 Å². The lowest BCUT2D eigenvalue weighted by atomic mass is 10.3. The SMILES string of the molecule is Cc1cc(Nc2cccc(Cl)c2)n[nH]1. The monoisotopic (exact) mass is 207 g/mol. The molecular formula is C10H10ClN3. The number of benzene rings is 1. The lowest BCUT2D eigenvalue weighted by Gasteiger charge is -2.01. The Morgan fingerprint density at radius 3 is 2.86 bits per heavy atom. The molecular weight excluding hydrogens is 198 g/mol. The molecule has 1 aromatic heterocycles. The van der Waals surface area contributed by atoms with Gasteiger partial charge in [0.25, 0.3) is 0 Å². The quantitative estimate of drug-likeness (QED) is 0.795. The molecule has 2 aromatic rings. The van der Waals surface area contributed by atoms with Crippen molar-refractivity contribution in [3.8, 4) is 0 Å². The minimum Gasteiger partial charge on any atom is -0.339 e. The van der Waals surface area contributed by atoms with Gasteiger partial charge in [-0.05, 0) is 25.1 Å². The number of rotatable bonds is 2. The lowest BCUT2D eigenvalue weighted by molar-refractivity contribution is 1.05. The van der Waals surface area contributed by atoms with Gasteiger partial charge in [0.05, 0.1) is 0 Å². The van der Waals surface area contributed by atoms with Crippen LogP contribution in [-0.2, 0) is 0 Å². The van der Waals surface area contributed by atoms with Gasteiger partial charge < -0.3 is 5.32 Å². The Kier molecular flexibility index (Phi) is 2.41. The topological polar surface area (TPSA) is 40.7 Å². The number of aryl methyl sites for hydroxylation is 1. The van der Waals surface area contributed by atoms with E-state index in [0.717, 1.165) is 17.2 Å². The van der Waals surface area contributed by atoms with E-state index in [1.165, 1.54) is 0 Å². The number of nitrogens with one attached hydrogen (secondary N) is 2. The van der Waals surface area contributed by atoms with Crippen molar-refractivity contribution >= 4 is 23.1 Å². The zero-order chi connectivity index (χ0) is 9.97. The van der Waals surface area contributed by atoms with Gasteiger partial charge in [-0.1, -0.05) is 17.7 Å². The first-order valence-electron chi connectivity index (χ1n) is 4.28. The largest absolute Gasteiger partial charge is 0.339 e. The average Bonchev–Trinajstić information content (AvgIpc) is 2.51. The molecule has 4 heteroatoms. The Morgan fingerprint density at radius 1 is 1.36 bits per heavy atom. The predicted octanol–water partition coefficient (Wildman–Crippen LogP) is 3.12. The third kappa shape index (κ3) is 2.06. The van der Waals surface area contributed by atoms with Crippen molar-refractivity contribution in [3.63, 3.8) is 0 Å². The summed E-state index contributed by atoms with van der Waals surface area (Å²) in [4.78, 5) is 0. The Morgan fingerprint density at radius 2 is 2.21 bits per heavy atom. The number of nitrogens with zero attached hydrogens (tertiary/aromatic N) is 1. The van der Waals surface area contributed by atoms with Crippen LogP contribution in [0.15, 0.2) is 30.3 Å². The molecule has 1 aromatic carbocycles. The minimum absolute atomic E-state index is 0.710. The highest BCUT2D eigenvalue weighted by Gasteiger charge is 1.98. The fourth-order valence-corrected chi connectivity index (χ4v) is 1.39. The number of hydrogen-bond donors (Lipinski definition) is 2. The van der Waals surface area contributed by atoms with E-state index in [1.54, 1.807) is 0 Å². The van der Waals surface area contributed by atoms with Crippen LogP contribution in [0.25, 0.3) is 0 Å². The van der Waals surface area contributed by atoms with E-state index in [-0.39, 0.29) is 0 Å². The van der Waals surface area contributed by atoms with Gasteiger partial charge in [-0.3, -0.25) is 5.10 Å². The molecule has 0 aliphatic rings. The van der Waals surface area contributed by atoms with Crippen molar-refractivity contribution in [1.29, 1.82) is 0 Å². The van der Waals surface area contributed by atoms with Gasteiger partial charge >= 0.3 is 0 Å². The molecule has 0 aliphatic heterocycles. The van der Waals surface area contributed by atoms with Gasteiger partial charge in [-0.2, -0.15) is 5.10 Å². The summed E-state index contributed by atoms with van der Waals surface area (Å²) in [5.41, 5.74) is 1.96. The zero-order valence-electron chi connectivity index (χ0n) is 7.71. The zero-order valence-corrected chi connectivity index (χ0v) is 8.47. The number of aromatic amines is 1. The molecule has 0 saturated carbocycles. The van der Waals surface area contributed by atoms with Gasteiger partial charge in [0, 0.05) is 22.5 Å². The highest BCUT2D eigenvalue weighted by atomic mass is 35.5. The molecule has 0 spiro atoms. The first-order valence-corrected chi connectivity index (χ1v) is 4.66. The van der Waals surface area contributed by atoms with Gasteiger partial charge in [0.15, 0.2) is 5.82 Å². The first kappa shape index (κ1) is 9.09. The summed E-state index contributed by atoms with van der Waals surface area (Å²) in [5.74, 6) is 0.796. The summed E-state index contributed by atoms with van der Waals surface area (Å²) in [6, 6.07) is 9.45. The normalized spacial score (nSPS) is 10.1. The van der Waals surface area contributed by atoms with Crippen LogP contribution in [0.2, 0.25) is 5.02 Å². The molecule has 2 N–H and O–H groups in total. The summed E-state index contributed by atoms with van der Waals surface area (Å²) >= 11 is 5.85. The van der Waals surface area contributed by atoms with Crippen molar-refractivity contribution < 1.29 is 0 Å². The Hall–Kier alpha value is -1.48. The fourth-order valence-electron chi connectivity index (χ4n) is 1.20. The molecule has 0 amide bonds. The molecule has 0 saturated heterocycles. The van der Waals surface area contributed by atoms with E-state index in [4.69, 9.17) is 11.6 Å². The molecule has 0 unspecified atom stereocenters. The minimum atomic E-state index is 0.710. The highest BCUT2D eigenvalue weighted by Crippen LogP contribution is 2.18. The second kappa shape index (κ2) is 3.72. The molecule has 1 heterocycles. The third-order valence-electron chi connectivity index (χ3n) is 1.80. The summed E-state index contributed by atoms with van der Waals surface area (Å²) < 4.78 is 0. The van der Waals surface area contributed by atoms with Gasteiger partial charge in [-0.25, -0.2) is 0 Å². The second-order valence-corrected chi connectivity index (χ2v) is 3.51. The van der Waals surface area contributed by atoms with E-state index in [1.807, 2.05) is 37.3 Å². The van der Waals surface area contributed by atoms with E-state index < -0.39 is 0 Å². The molecule has 2 rings (SSSR count). The summed E-state index contributed by atoms with van der Waals surface area (Å²) in [6.45, 7) is 1.95. The number of H-pyrrole nitrogens is 1. The summed E-state index contributed by atoms with van der Waals surface area (Å²) in [7, 11) is 0. The number of halogens is 1. The average molecular weight is 208 g/mol. The maximum Gasteiger partial charge on any atom is 0.152 e. The van der Waals surface area contributed by atoms with Crippen molar-refractivity contribution in [2.45, 2.75) is 6.92 Å². The third-order valence-corrected chi connectivity index (χ3v) is 2.04. The van der Waals surface area contributed by atoms with Gasteiger partial charge in [0.1, 0.15) is 0 Å². The van der Waals surface area contributed by atoms with Crippen LogP contribution in [0, 0.1) is 6.92 Å². The van der Waals surface area contributed by atoms with E-state index >= 15 is 0 Å². The van der Waals surface area contributed by atoms with Crippen molar-refractivity contribution in [2.24, 2.45) is 0 Å². The molecule has 14 heavy (non-hydrogen) atoms. The van der Waals surface area contributed by atoms with Gasteiger partial charge in [0.2, 0.25) is 0 Å². The van der Waals surface area contributed by atoms with Crippen molar-refractivity contribution in [2.75, 3.05) is 5.32 Å². The first-order chi connectivity index (χ1) is 6.74. The van der Waals surface area contributed by atoms with E-state index in [0.29, 0.717) is 5.02 Å². The second-order valence-electron chi connectivity index (χ2n) is 3.07. The lowest BCUT2D eigenvalue weighted by Crippen LogP contribution is -1.89. The Bertz CT molecular complexity index is 436. The highest BCUT2D eigenvalue weighted by molar-refractivity contribution is 6.30. The molecule has 0 fully saturated rings. The fraction of sp³-hybridized carbons (Fsp3) is 0.100. The van der Waals surface area contributed by atoms with E-state index in [2.05, 4.69) is 15.5 Å². The standard InChI is InChI=1S/C10H10ClN3/c1-7-5-10(14-13-7)12-9-4-2-3-8(11)6-9/h2-6H,1H3,(H2,12,13,14). The molecule has 0 radical (unpaired) electrons. The molecule has 0 bridgehead atoms. The van der Waals surface area contributed by atoms with Crippen LogP contribution in [0.4, 0.5) is 11.5 Å². The van der Waals surface area contributed by atoms with Crippen LogP contribution in [0.1, 0.15) is 5.69 Å². The number of anilines is 2. The summed E-state index contributed by atoms with van der Waals surface area (Å²) in [6.07, 6.45) is 0. The van der Waals surface area contributed by atoms with Crippen LogP contribution < -0.4 is 5.32 Å². The maximum absolute atomic E-state index is 5.85. The van der Waals surface area contributed by atoms with Crippen LogP contribution in [0.3, 0.4) is 0 Å². The Balaban J connectivity index is 2.18. The molecule has 3 nitrogen and oxygen atoms in total. The Labute approximate surface area is 87.1 Å². The van der Waals surface area contributed by atoms with Crippen LogP contribution in [-0.4, -0.2) is 10.2 Å². The smallest absolute Gasteiger partial charge is 0.152 e.